The number of Topliss-reactive ketones (excluding diaryl/α,β-unsaturated/α-hetero) is 1. The zero-order chi connectivity index (χ0) is 22.1. The van der Waals surface area contributed by atoms with E-state index in [-0.39, 0.29) is 30.0 Å². The lowest BCUT2D eigenvalue weighted by molar-refractivity contribution is -0.150. The molecule has 2 N–H and O–H groups in total. The molecule has 1 saturated carbocycles. The first-order valence-corrected chi connectivity index (χ1v) is 9.64. The number of allylic oxidation sites excluding steroid dienone is 1. The molecule has 0 aliphatic heterocycles. The molecule has 0 bridgehead atoms. The van der Waals surface area contributed by atoms with Crippen LogP contribution in [0.2, 0.25) is 0 Å². The molecule has 0 aromatic carbocycles. The number of carbonyl (C=O) groups is 3. The second-order valence-corrected chi connectivity index (χ2v) is 8.38. The molecule has 0 spiro atoms. The van der Waals surface area contributed by atoms with Crippen molar-refractivity contribution >= 4 is 17.7 Å². The van der Waals surface area contributed by atoms with E-state index >= 15 is 0 Å². The fraction of sp³-hybridized carbons (Fsp3) is 0.591. The second kappa shape index (κ2) is 8.63. The Morgan fingerprint density at radius 1 is 1.34 bits per heavy atom. The average Bonchev–Trinajstić information content (AvgIpc) is 3.11. The van der Waals surface area contributed by atoms with Crippen LogP contribution in [0.15, 0.2) is 35.5 Å². The van der Waals surface area contributed by atoms with E-state index in [2.05, 4.69) is 6.58 Å². The molecule has 0 aromatic heterocycles. The zero-order valence-corrected chi connectivity index (χ0v) is 17.6. The molecule has 5 unspecified atom stereocenters. The van der Waals surface area contributed by atoms with Crippen LogP contribution in [0.25, 0.3) is 0 Å². The Morgan fingerprint density at radius 2 is 1.97 bits per heavy atom. The lowest BCUT2D eigenvalue weighted by Crippen LogP contribution is -2.25. The van der Waals surface area contributed by atoms with Gasteiger partial charge < -0.3 is 19.7 Å². The molecule has 7 heteroatoms. The smallest absolute Gasteiger partial charge is 0.333 e. The molecule has 2 aliphatic rings. The predicted octanol–water partition coefficient (Wildman–Crippen LogP) is 1.88. The van der Waals surface area contributed by atoms with Crippen LogP contribution >= 0.6 is 0 Å². The minimum atomic E-state index is -1.14. The molecule has 0 aromatic rings. The lowest BCUT2D eigenvalue weighted by atomic mass is 10.0. The van der Waals surface area contributed by atoms with Crippen molar-refractivity contribution in [3.63, 3.8) is 0 Å². The summed E-state index contributed by atoms with van der Waals surface area (Å²) in [7, 11) is 1.30. The third-order valence-electron chi connectivity index (χ3n) is 6.08. The minimum absolute atomic E-state index is 0.0233. The minimum Gasteiger partial charge on any atom is -0.466 e. The first-order chi connectivity index (χ1) is 13.4. The topological polar surface area (TPSA) is 110 Å². The van der Waals surface area contributed by atoms with Crippen molar-refractivity contribution in [1.82, 2.24) is 0 Å². The van der Waals surface area contributed by atoms with E-state index in [1.165, 1.54) is 13.2 Å². The summed E-state index contributed by atoms with van der Waals surface area (Å²) in [6, 6.07) is 0. The second-order valence-electron chi connectivity index (χ2n) is 8.38. The number of ether oxygens (including phenoxy) is 2. The molecule has 29 heavy (non-hydrogen) atoms. The monoisotopic (exact) mass is 406 g/mol. The van der Waals surface area contributed by atoms with Gasteiger partial charge in [-0.1, -0.05) is 26.0 Å². The summed E-state index contributed by atoms with van der Waals surface area (Å²) in [5.74, 6) is -1.63. The van der Waals surface area contributed by atoms with E-state index in [9.17, 15) is 24.6 Å². The first kappa shape index (κ1) is 23.0. The van der Waals surface area contributed by atoms with Gasteiger partial charge in [-0.3, -0.25) is 9.59 Å². The normalized spacial score (nSPS) is 28.0. The van der Waals surface area contributed by atoms with Gasteiger partial charge in [-0.25, -0.2) is 4.79 Å². The van der Waals surface area contributed by atoms with Gasteiger partial charge in [0.25, 0.3) is 0 Å². The molecule has 0 heterocycles. The van der Waals surface area contributed by atoms with Gasteiger partial charge in [-0.2, -0.15) is 0 Å². The van der Waals surface area contributed by atoms with Crippen molar-refractivity contribution in [2.75, 3.05) is 7.11 Å². The molecule has 0 saturated heterocycles. The van der Waals surface area contributed by atoms with E-state index in [1.54, 1.807) is 19.9 Å². The van der Waals surface area contributed by atoms with E-state index < -0.39 is 36.2 Å². The fourth-order valence-corrected chi connectivity index (χ4v) is 3.90. The Kier molecular flexibility index (Phi) is 6.86. The van der Waals surface area contributed by atoms with Crippen molar-refractivity contribution in [2.45, 2.75) is 58.8 Å². The number of rotatable bonds is 8. The Balaban J connectivity index is 2.08. The van der Waals surface area contributed by atoms with Crippen LogP contribution in [-0.4, -0.2) is 53.4 Å². The molecular weight excluding hydrogens is 376 g/mol. The van der Waals surface area contributed by atoms with E-state index in [0.29, 0.717) is 16.7 Å². The highest BCUT2D eigenvalue weighted by atomic mass is 16.5. The summed E-state index contributed by atoms with van der Waals surface area (Å²) in [4.78, 5) is 36.7. The Labute approximate surface area is 171 Å². The Morgan fingerprint density at radius 3 is 2.52 bits per heavy atom. The summed E-state index contributed by atoms with van der Waals surface area (Å²) in [5.41, 5.74) is 1.05. The summed E-state index contributed by atoms with van der Waals surface area (Å²) < 4.78 is 10.3. The van der Waals surface area contributed by atoms with Gasteiger partial charge in [0.05, 0.1) is 31.7 Å². The van der Waals surface area contributed by atoms with Gasteiger partial charge in [-0.15, -0.1) is 6.58 Å². The van der Waals surface area contributed by atoms with Crippen molar-refractivity contribution in [2.24, 2.45) is 17.3 Å². The molecule has 1 fully saturated rings. The predicted molar refractivity (Wildman–Crippen MR) is 106 cm³/mol. The molecule has 0 amide bonds. The molecular formula is C22H30O7. The van der Waals surface area contributed by atoms with E-state index in [4.69, 9.17) is 9.47 Å². The standard InChI is InChI=1S/C22H30O7/c1-7-15(23)17(25)9-13-12(3)18(10-16(13)24)29-21(27)19-14(22(19,4)5)8-11(2)20(26)28-6/h7-8,14-15,17-19,23,25H,1,9-10H2,2-6H3. The van der Waals surface area contributed by atoms with Crippen LogP contribution in [-0.2, 0) is 23.9 Å². The Hall–Kier alpha value is -2.25. The number of esters is 2. The fourth-order valence-electron chi connectivity index (χ4n) is 3.90. The number of carbonyl (C=O) groups excluding carboxylic acids is 3. The number of hydrogen-bond donors (Lipinski definition) is 2. The maximum atomic E-state index is 12.7. The third kappa shape index (κ3) is 4.67. The third-order valence-corrected chi connectivity index (χ3v) is 6.08. The van der Waals surface area contributed by atoms with Crippen molar-refractivity contribution in [1.29, 1.82) is 0 Å². The SMILES string of the molecule is C=CC(O)C(O)CC1=C(C)C(OC(=O)C2C(C=C(C)C(=O)OC)C2(C)C)CC1=O. The van der Waals surface area contributed by atoms with Crippen LogP contribution in [0, 0.1) is 17.3 Å². The molecule has 160 valence electrons. The van der Waals surface area contributed by atoms with Gasteiger partial charge in [0.1, 0.15) is 6.10 Å². The lowest BCUT2D eigenvalue weighted by Gasteiger charge is -2.16. The summed E-state index contributed by atoms with van der Waals surface area (Å²) >= 11 is 0. The largest absolute Gasteiger partial charge is 0.466 e. The Bertz CT molecular complexity index is 774. The van der Waals surface area contributed by atoms with Gasteiger partial charge in [-0.05, 0) is 30.8 Å². The molecule has 7 nitrogen and oxygen atoms in total. The molecule has 5 atom stereocenters. The number of ketones is 1. The zero-order valence-electron chi connectivity index (χ0n) is 17.6. The number of aliphatic hydroxyl groups is 2. The van der Waals surface area contributed by atoms with E-state index in [0.717, 1.165) is 0 Å². The van der Waals surface area contributed by atoms with Crippen LogP contribution < -0.4 is 0 Å². The molecule has 2 rings (SSSR count). The number of methoxy groups -OCH3 is 1. The van der Waals surface area contributed by atoms with Gasteiger partial charge in [0, 0.05) is 17.6 Å². The summed E-state index contributed by atoms with van der Waals surface area (Å²) in [5, 5.41) is 19.6. The van der Waals surface area contributed by atoms with Crippen LogP contribution in [0.4, 0.5) is 0 Å². The van der Waals surface area contributed by atoms with Crippen molar-refractivity contribution < 1.29 is 34.1 Å². The van der Waals surface area contributed by atoms with Crippen LogP contribution in [0.1, 0.15) is 40.5 Å². The maximum Gasteiger partial charge on any atom is 0.333 e. The highest BCUT2D eigenvalue weighted by Crippen LogP contribution is 2.60. The molecule has 2 aliphatic carbocycles. The highest BCUT2D eigenvalue weighted by Gasteiger charge is 2.62. The summed E-state index contributed by atoms with van der Waals surface area (Å²) in [6.45, 7) is 10.6. The van der Waals surface area contributed by atoms with Crippen LogP contribution in [0.5, 0.6) is 0 Å². The first-order valence-electron chi connectivity index (χ1n) is 9.64. The highest BCUT2D eigenvalue weighted by molar-refractivity contribution is 6.00. The summed E-state index contributed by atoms with van der Waals surface area (Å²) in [6.07, 6.45) is -0.0178. The maximum absolute atomic E-state index is 12.7. The number of hydrogen-bond acceptors (Lipinski definition) is 7. The van der Waals surface area contributed by atoms with Crippen LogP contribution in [0.3, 0.4) is 0 Å². The van der Waals surface area contributed by atoms with Crippen molar-refractivity contribution in [3.8, 4) is 0 Å². The molecule has 0 radical (unpaired) electrons. The van der Waals surface area contributed by atoms with Gasteiger partial charge in [0.15, 0.2) is 5.78 Å². The van der Waals surface area contributed by atoms with E-state index in [1.807, 2.05) is 13.8 Å². The van der Waals surface area contributed by atoms with Gasteiger partial charge in [0.2, 0.25) is 0 Å². The quantitative estimate of drug-likeness (QED) is 0.360. The van der Waals surface area contributed by atoms with Crippen molar-refractivity contribution in [3.05, 3.63) is 35.5 Å². The average molecular weight is 406 g/mol. The van der Waals surface area contributed by atoms with Gasteiger partial charge >= 0.3 is 11.9 Å². The number of aliphatic hydroxyl groups excluding tert-OH is 2.